The third-order valence-electron chi connectivity index (χ3n) is 2.48. The van der Waals surface area contributed by atoms with Crippen molar-refractivity contribution in [3.8, 4) is 0 Å². The molecule has 7 heteroatoms. The molecule has 0 atom stereocenters. The monoisotopic (exact) mass is 283 g/mol. The molecule has 0 spiro atoms. The van der Waals surface area contributed by atoms with Crippen LogP contribution in [0.1, 0.15) is 17.3 Å². The first-order valence-corrected chi connectivity index (χ1v) is 6.90. The first kappa shape index (κ1) is 15.2. The van der Waals surface area contributed by atoms with Gasteiger partial charge in [0.15, 0.2) is 0 Å². The second kappa shape index (κ2) is 5.41. The van der Waals surface area contributed by atoms with Crippen molar-refractivity contribution in [2.24, 2.45) is 5.73 Å². The number of anilines is 1. The minimum Gasteiger partial charge on any atom is -0.398 e. The SMILES string of the molecule is C=C(C)CN(C)S(=O)(=O)c1ccc(C(N)=O)cc1N. The number of rotatable bonds is 5. The highest BCUT2D eigenvalue weighted by molar-refractivity contribution is 7.89. The highest BCUT2D eigenvalue weighted by Crippen LogP contribution is 2.23. The van der Waals surface area contributed by atoms with Crippen LogP contribution in [-0.2, 0) is 10.0 Å². The van der Waals surface area contributed by atoms with Crippen LogP contribution in [0.3, 0.4) is 0 Å². The van der Waals surface area contributed by atoms with Gasteiger partial charge in [-0.1, -0.05) is 12.2 Å². The molecule has 0 unspecified atom stereocenters. The number of hydrogen-bond donors (Lipinski definition) is 2. The number of nitrogens with zero attached hydrogens (tertiary/aromatic N) is 1. The average Bonchev–Trinajstić information content (AvgIpc) is 2.27. The van der Waals surface area contributed by atoms with Crippen LogP contribution in [0.5, 0.6) is 0 Å². The van der Waals surface area contributed by atoms with E-state index in [0.717, 1.165) is 4.31 Å². The van der Waals surface area contributed by atoms with E-state index >= 15 is 0 Å². The van der Waals surface area contributed by atoms with Gasteiger partial charge in [-0.15, -0.1) is 0 Å². The first-order chi connectivity index (χ1) is 8.66. The normalized spacial score (nSPS) is 11.5. The zero-order valence-corrected chi connectivity index (χ0v) is 11.7. The summed E-state index contributed by atoms with van der Waals surface area (Å²) in [7, 11) is -2.28. The molecule has 0 heterocycles. The molecule has 0 aliphatic carbocycles. The molecule has 0 aliphatic rings. The van der Waals surface area contributed by atoms with Gasteiger partial charge in [-0.05, 0) is 25.1 Å². The second-order valence-electron chi connectivity index (χ2n) is 4.34. The number of nitrogen functional groups attached to an aromatic ring is 1. The van der Waals surface area contributed by atoms with Crippen molar-refractivity contribution in [1.29, 1.82) is 0 Å². The number of sulfonamides is 1. The zero-order valence-electron chi connectivity index (χ0n) is 10.9. The summed E-state index contributed by atoms with van der Waals surface area (Å²) >= 11 is 0. The van der Waals surface area contributed by atoms with Crippen molar-refractivity contribution >= 4 is 21.6 Å². The lowest BCUT2D eigenvalue weighted by Gasteiger charge is -2.18. The molecule has 0 fully saturated rings. The predicted molar refractivity (Wildman–Crippen MR) is 74.0 cm³/mol. The summed E-state index contributed by atoms with van der Waals surface area (Å²) in [5, 5.41) is 0. The average molecular weight is 283 g/mol. The quantitative estimate of drug-likeness (QED) is 0.608. The maximum atomic E-state index is 12.3. The molecule has 1 amide bonds. The van der Waals surface area contributed by atoms with Crippen molar-refractivity contribution < 1.29 is 13.2 Å². The summed E-state index contributed by atoms with van der Waals surface area (Å²) < 4.78 is 25.7. The molecule has 1 aromatic carbocycles. The zero-order chi connectivity index (χ0) is 14.8. The molecule has 6 nitrogen and oxygen atoms in total. The first-order valence-electron chi connectivity index (χ1n) is 5.46. The molecule has 19 heavy (non-hydrogen) atoms. The Morgan fingerprint density at radius 2 is 2.00 bits per heavy atom. The molecule has 0 saturated heterocycles. The van der Waals surface area contributed by atoms with Gasteiger partial charge in [-0.3, -0.25) is 4.79 Å². The number of likely N-dealkylation sites (N-methyl/N-ethyl adjacent to an activating group) is 1. The molecule has 1 rings (SSSR count). The Bertz CT molecular complexity index is 623. The summed E-state index contributed by atoms with van der Waals surface area (Å²) in [4.78, 5) is 10.9. The van der Waals surface area contributed by atoms with Crippen LogP contribution in [0.4, 0.5) is 5.69 Å². The largest absolute Gasteiger partial charge is 0.398 e. The van der Waals surface area contributed by atoms with Crippen molar-refractivity contribution in [3.05, 3.63) is 35.9 Å². The van der Waals surface area contributed by atoms with Crippen LogP contribution in [0, 0.1) is 0 Å². The van der Waals surface area contributed by atoms with Crippen LogP contribution in [0.15, 0.2) is 35.2 Å². The van der Waals surface area contributed by atoms with E-state index in [1.807, 2.05) is 0 Å². The lowest BCUT2D eigenvalue weighted by atomic mass is 10.2. The van der Waals surface area contributed by atoms with E-state index in [2.05, 4.69) is 6.58 Å². The number of benzene rings is 1. The summed E-state index contributed by atoms with van der Waals surface area (Å²) in [5.74, 6) is -0.661. The number of carbonyl (C=O) groups excluding carboxylic acids is 1. The van der Waals surface area contributed by atoms with Crippen LogP contribution in [0.2, 0.25) is 0 Å². The Balaban J connectivity index is 3.22. The smallest absolute Gasteiger partial charge is 0.248 e. The van der Waals surface area contributed by atoms with Crippen molar-refractivity contribution in [3.63, 3.8) is 0 Å². The van der Waals surface area contributed by atoms with Crippen LogP contribution in [-0.4, -0.2) is 32.2 Å². The summed E-state index contributed by atoms with van der Waals surface area (Å²) in [6.45, 7) is 5.59. The van der Waals surface area contributed by atoms with Crippen molar-refractivity contribution in [2.45, 2.75) is 11.8 Å². The van der Waals surface area contributed by atoms with Gasteiger partial charge in [0.25, 0.3) is 0 Å². The predicted octanol–water partition coefficient (Wildman–Crippen LogP) is 0.564. The fraction of sp³-hybridized carbons (Fsp3) is 0.250. The highest BCUT2D eigenvalue weighted by Gasteiger charge is 2.23. The van der Waals surface area contributed by atoms with Crippen molar-refractivity contribution in [1.82, 2.24) is 4.31 Å². The van der Waals surface area contributed by atoms with Gasteiger partial charge in [-0.25, -0.2) is 8.42 Å². The minimum atomic E-state index is -3.71. The lowest BCUT2D eigenvalue weighted by molar-refractivity contribution is 0.1000. The van der Waals surface area contributed by atoms with E-state index in [1.54, 1.807) is 6.92 Å². The number of amides is 1. The molecule has 0 radical (unpaired) electrons. The molecule has 104 valence electrons. The van der Waals surface area contributed by atoms with Crippen LogP contribution in [0.25, 0.3) is 0 Å². The number of carbonyl (C=O) groups is 1. The van der Waals surface area contributed by atoms with Crippen LogP contribution < -0.4 is 11.5 Å². The Hall–Kier alpha value is -1.86. The highest BCUT2D eigenvalue weighted by atomic mass is 32.2. The maximum Gasteiger partial charge on any atom is 0.248 e. The van der Waals surface area contributed by atoms with E-state index < -0.39 is 15.9 Å². The fourth-order valence-electron chi connectivity index (χ4n) is 1.57. The van der Waals surface area contributed by atoms with Gasteiger partial charge >= 0.3 is 0 Å². The molecule has 4 N–H and O–H groups in total. The van der Waals surface area contributed by atoms with E-state index in [0.29, 0.717) is 5.57 Å². The molecule has 0 aliphatic heterocycles. The summed E-state index contributed by atoms with van der Waals surface area (Å²) in [5.41, 5.74) is 11.6. The van der Waals surface area contributed by atoms with Gasteiger partial charge < -0.3 is 11.5 Å². The molecule has 1 aromatic rings. The number of primary amides is 1. The van der Waals surface area contributed by atoms with Gasteiger partial charge in [0, 0.05) is 19.2 Å². The van der Waals surface area contributed by atoms with Crippen molar-refractivity contribution in [2.75, 3.05) is 19.3 Å². The molecular weight excluding hydrogens is 266 g/mol. The Morgan fingerprint density at radius 3 is 2.42 bits per heavy atom. The number of hydrogen-bond acceptors (Lipinski definition) is 4. The standard InChI is InChI=1S/C12H17N3O3S/c1-8(2)7-15(3)19(17,18)11-5-4-9(12(14)16)6-10(11)13/h4-6H,1,7,13H2,2-3H3,(H2,14,16). The maximum absolute atomic E-state index is 12.3. The lowest BCUT2D eigenvalue weighted by Crippen LogP contribution is -2.29. The molecular formula is C12H17N3O3S. The van der Waals surface area contributed by atoms with E-state index in [1.165, 1.54) is 25.2 Å². The number of nitrogens with two attached hydrogens (primary N) is 2. The van der Waals surface area contributed by atoms with E-state index in [9.17, 15) is 13.2 Å². The summed E-state index contributed by atoms with van der Waals surface area (Å²) in [6, 6.07) is 3.86. The van der Waals surface area contributed by atoms with E-state index in [4.69, 9.17) is 11.5 Å². The Kier molecular flexibility index (Phi) is 4.33. The minimum absolute atomic E-state index is 0.00938. The molecule has 0 saturated carbocycles. The Morgan fingerprint density at radius 1 is 1.42 bits per heavy atom. The third kappa shape index (κ3) is 3.33. The van der Waals surface area contributed by atoms with Gasteiger partial charge in [0.2, 0.25) is 15.9 Å². The third-order valence-corrected chi connectivity index (χ3v) is 4.35. The fourth-order valence-corrected chi connectivity index (χ4v) is 2.89. The summed E-state index contributed by atoms with van der Waals surface area (Å²) in [6.07, 6.45) is 0. The van der Waals surface area contributed by atoms with E-state index in [-0.39, 0.29) is 22.7 Å². The Labute approximate surface area is 112 Å². The molecule has 0 aromatic heterocycles. The van der Waals surface area contributed by atoms with Gasteiger partial charge in [0.1, 0.15) is 4.90 Å². The second-order valence-corrected chi connectivity index (χ2v) is 6.35. The molecule has 0 bridgehead atoms. The van der Waals surface area contributed by atoms with Gasteiger partial charge in [-0.2, -0.15) is 4.31 Å². The van der Waals surface area contributed by atoms with Gasteiger partial charge in [0.05, 0.1) is 5.69 Å². The van der Waals surface area contributed by atoms with Crippen LogP contribution >= 0.6 is 0 Å². The topological polar surface area (TPSA) is 106 Å².